The van der Waals surface area contributed by atoms with Gasteiger partial charge in [0, 0.05) is 6.54 Å². The summed E-state index contributed by atoms with van der Waals surface area (Å²) in [5.41, 5.74) is 1.68. The van der Waals surface area contributed by atoms with Crippen LogP contribution in [0.5, 0.6) is 0 Å². The molecule has 5 nitrogen and oxygen atoms in total. The fraction of sp³-hybridized carbons (Fsp3) is 0.667. The number of rotatable bonds is 2. The minimum atomic E-state index is -0.761. The molecule has 0 amide bonds. The molecule has 0 saturated heterocycles. The predicted octanol–water partition coefficient (Wildman–Crippen LogP) is 0.802. The lowest BCUT2D eigenvalue weighted by Gasteiger charge is -2.18. The number of carboxylic acid groups (broad SMARTS) is 1. The maximum absolute atomic E-state index is 11.0. The molecule has 1 aromatic rings. The number of aromatic nitrogens is 3. The molecule has 0 saturated carbocycles. The molecule has 0 aliphatic heterocycles. The van der Waals surface area contributed by atoms with Crippen LogP contribution in [0.1, 0.15) is 37.1 Å². The van der Waals surface area contributed by atoms with Gasteiger partial charge in [-0.2, -0.15) is 0 Å². The molecule has 1 aromatic heterocycles. The van der Waals surface area contributed by atoms with Crippen LogP contribution in [-0.4, -0.2) is 26.1 Å². The maximum Gasteiger partial charge on any atom is 0.312 e. The van der Waals surface area contributed by atoms with Gasteiger partial charge in [-0.1, -0.05) is 5.21 Å². The van der Waals surface area contributed by atoms with E-state index < -0.39 is 11.9 Å². The third-order valence-electron chi connectivity index (χ3n) is 2.68. The first-order valence-corrected chi connectivity index (χ1v) is 4.89. The van der Waals surface area contributed by atoms with E-state index in [1.165, 1.54) is 0 Å². The highest BCUT2D eigenvalue weighted by atomic mass is 16.4. The smallest absolute Gasteiger partial charge is 0.312 e. The number of fused-ring (bicyclic) bond motifs is 1. The lowest BCUT2D eigenvalue weighted by molar-refractivity contribution is -0.139. The third kappa shape index (κ3) is 1.29. The third-order valence-corrected chi connectivity index (χ3v) is 2.68. The van der Waals surface area contributed by atoms with Gasteiger partial charge in [0.1, 0.15) is 5.92 Å². The van der Waals surface area contributed by atoms with Crippen LogP contribution in [0, 0.1) is 0 Å². The van der Waals surface area contributed by atoms with Crippen LogP contribution in [0.2, 0.25) is 0 Å². The summed E-state index contributed by atoms with van der Waals surface area (Å²) in [5.74, 6) is -1.17. The zero-order chi connectivity index (χ0) is 10.1. The highest BCUT2D eigenvalue weighted by Gasteiger charge is 2.30. The van der Waals surface area contributed by atoms with E-state index in [-0.39, 0.29) is 0 Å². The van der Waals surface area contributed by atoms with E-state index in [9.17, 15) is 4.79 Å². The summed E-state index contributed by atoms with van der Waals surface area (Å²) in [6, 6.07) is 0. The summed E-state index contributed by atoms with van der Waals surface area (Å²) >= 11 is 0. The van der Waals surface area contributed by atoms with Crippen LogP contribution >= 0.6 is 0 Å². The van der Waals surface area contributed by atoms with E-state index in [4.69, 9.17) is 5.11 Å². The fourth-order valence-electron chi connectivity index (χ4n) is 2.00. The molecule has 1 unspecified atom stereocenters. The van der Waals surface area contributed by atoms with E-state index >= 15 is 0 Å². The average Bonchev–Trinajstić information content (AvgIpc) is 2.59. The molecule has 1 N–H and O–H groups in total. The van der Waals surface area contributed by atoms with Crippen LogP contribution in [-0.2, 0) is 17.8 Å². The van der Waals surface area contributed by atoms with E-state index in [1.54, 1.807) is 4.68 Å². The van der Waals surface area contributed by atoms with Gasteiger partial charge in [-0.05, 0) is 26.2 Å². The molecule has 0 aromatic carbocycles. The summed E-state index contributed by atoms with van der Waals surface area (Å²) in [6.45, 7) is 2.63. The first kappa shape index (κ1) is 9.18. The van der Waals surface area contributed by atoms with Gasteiger partial charge in [0.15, 0.2) is 0 Å². The quantitative estimate of drug-likeness (QED) is 0.758. The lowest BCUT2D eigenvalue weighted by Crippen LogP contribution is -2.21. The Morgan fingerprint density at radius 2 is 2.50 bits per heavy atom. The molecular formula is C9H13N3O2. The molecular weight excluding hydrogens is 182 g/mol. The number of carboxylic acids is 1. The largest absolute Gasteiger partial charge is 0.481 e. The van der Waals surface area contributed by atoms with Crippen molar-refractivity contribution in [1.29, 1.82) is 0 Å². The van der Waals surface area contributed by atoms with Crippen molar-refractivity contribution in [3.05, 3.63) is 11.4 Å². The molecule has 14 heavy (non-hydrogen) atoms. The molecule has 0 spiro atoms. The van der Waals surface area contributed by atoms with Crippen molar-refractivity contribution in [2.45, 2.75) is 38.6 Å². The number of hydrogen-bond acceptors (Lipinski definition) is 3. The molecule has 0 fully saturated rings. The van der Waals surface area contributed by atoms with Crippen molar-refractivity contribution >= 4 is 5.97 Å². The van der Waals surface area contributed by atoms with Gasteiger partial charge < -0.3 is 5.11 Å². The van der Waals surface area contributed by atoms with E-state index in [1.807, 2.05) is 6.92 Å². The lowest BCUT2D eigenvalue weighted by atomic mass is 9.90. The topological polar surface area (TPSA) is 68.0 Å². The Hall–Kier alpha value is -1.39. The monoisotopic (exact) mass is 195 g/mol. The molecule has 1 atom stereocenters. The van der Waals surface area contributed by atoms with Crippen molar-refractivity contribution in [1.82, 2.24) is 15.0 Å². The molecule has 1 heterocycles. The van der Waals surface area contributed by atoms with E-state index in [0.29, 0.717) is 13.0 Å². The highest BCUT2D eigenvalue weighted by Crippen LogP contribution is 2.30. The summed E-state index contributed by atoms with van der Waals surface area (Å²) in [7, 11) is 0. The Balaban J connectivity index is 2.44. The standard InChI is InChI=1S/C9H13N3O2/c1-2-12-8-6(9(13)14)4-3-5-7(8)10-11-12/h6H,2-5H2,1H3,(H,13,14). The number of aryl methyl sites for hydroxylation is 2. The molecule has 0 bridgehead atoms. The van der Waals surface area contributed by atoms with Gasteiger partial charge in [0.2, 0.25) is 0 Å². The van der Waals surface area contributed by atoms with Gasteiger partial charge in [-0.15, -0.1) is 5.10 Å². The van der Waals surface area contributed by atoms with Gasteiger partial charge >= 0.3 is 5.97 Å². The molecule has 1 aliphatic carbocycles. The Bertz CT molecular complexity index is 345. The van der Waals surface area contributed by atoms with Crippen LogP contribution in [0.4, 0.5) is 0 Å². The molecule has 5 heteroatoms. The Labute approximate surface area is 81.7 Å². The second kappa shape index (κ2) is 3.40. The number of carbonyl (C=O) groups is 1. The second-order valence-electron chi connectivity index (χ2n) is 3.52. The van der Waals surface area contributed by atoms with Crippen LogP contribution < -0.4 is 0 Å². The zero-order valence-electron chi connectivity index (χ0n) is 8.10. The minimum Gasteiger partial charge on any atom is -0.481 e. The Morgan fingerprint density at radius 3 is 3.14 bits per heavy atom. The number of nitrogens with zero attached hydrogens (tertiary/aromatic N) is 3. The van der Waals surface area contributed by atoms with Gasteiger partial charge in [-0.25, -0.2) is 4.68 Å². The van der Waals surface area contributed by atoms with Crippen molar-refractivity contribution in [3.63, 3.8) is 0 Å². The van der Waals surface area contributed by atoms with Gasteiger partial charge in [0.05, 0.1) is 11.4 Å². The van der Waals surface area contributed by atoms with Crippen molar-refractivity contribution in [3.8, 4) is 0 Å². The van der Waals surface area contributed by atoms with Crippen LogP contribution in [0.15, 0.2) is 0 Å². The van der Waals surface area contributed by atoms with E-state index in [2.05, 4.69) is 10.3 Å². The Kier molecular flexibility index (Phi) is 2.23. The number of hydrogen-bond donors (Lipinski definition) is 1. The summed E-state index contributed by atoms with van der Waals surface area (Å²) < 4.78 is 1.70. The first-order chi connectivity index (χ1) is 6.74. The summed E-state index contributed by atoms with van der Waals surface area (Å²) in [4.78, 5) is 11.0. The van der Waals surface area contributed by atoms with Crippen molar-refractivity contribution in [2.75, 3.05) is 0 Å². The van der Waals surface area contributed by atoms with E-state index in [0.717, 1.165) is 24.2 Å². The minimum absolute atomic E-state index is 0.409. The molecule has 0 radical (unpaired) electrons. The Morgan fingerprint density at radius 1 is 1.71 bits per heavy atom. The molecule has 76 valence electrons. The second-order valence-corrected chi connectivity index (χ2v) is 3.52. The molecule has 1 aliphatic rings. The van der Waals surface area contributed by atoms with Crippen molar-refractivity contribution < 1.29 is 9.90 Å². The predicted molar refractivity (Wildman–Crippen MR) is 49.0 cm³/mol. The normalized spacial score (nSPS) is 20.5. The fourth-order valence-corrected chi connectivity index (χ4v) is 2.00. The number of aliphatic carboxylic acids is 1. The zero-order valence-corrected chi connectivity index (χ0v) is 8.10. The summed E-state index contributed by atoms with van der Waals surface area (Å²) in [6.07, 6.45) is 2.46. The maximum atomic E-state index is 11.0. The van der Waals surface area contributed by atoms with Crippen LogP contribution in [0.3, 0.4) is 0 Å². The average molecular weight is 195 g/mol. The van der Waals surface area contributed by atoms with Crippen molar-refractivity contribution in [2.24, 2.45) is 0 Å². The van der Waals surface area contributed by atoms with Crippen LogP contribution in [0.25, 0.3) is 0 Å². The van der Waals surface area contributed by atoms with Gasteiger partial charge in [0.25, 0.3) is 0 Å². The van der Waals surface area contributed by atoms with Gasteiger partial charge in [-0.3, -0.25) is 4.79 Å². The summed E-state index contributed by atoms with van der Waals surface area (Å²) in [5, 5.41) is 17.0. The first-order valence-electron chi connectivity index (χ1n) is 4.89. The molecule has 2 rings (SSSR count). The highest BCUT2D eigenvalue weighted by molar-refractivity contribution is 5.76. The SMILES string of the molecule is CCn1nnc2c1C(C(=O)O)CCC2.